The molecule has 1 fully saturated rings. The van der Waals surface area contributed by atoms with Crippen LogP contribution in [0.15, 0.2) is 0 Å². The van der Waals surface area contributed by atoms with Gasteiger partial charge in [0.1, 0.15) is 4.87 Å². The third kappa shape index (κ3) is 3.15. The lowest BCUT2D eigenvalue weighted by Gasteiger charge is -2.48. The van der Waals surface area contributed by atoms with Crippen LogP contribution in [0.2, 0.25) is 16.6 Å². The first-order valence-corrected chi connectivity index (χ1v) is 10.5. The van der Waals surface area contributed by atoms with Crippen LogP contribution in [0.4, 0.5) is 0 Å². The minimum atomic E-state index is -1.97. The molecule has 1 aliphatic carbocycles. The van der Waals surface area contributed by atoms with Crippen LogP contribution in [-0.4, -0.2) is 25.1 Å². The highest BCUT2D eigenvalue weighted by Gasteiger charge is 2.51. The van der Waals surface area contributed by atoms with Gasteiger partial charge in [-0.1, -0.05) is 41.5 Å². The molecule has 118 valence electrons. The molecule has 1 aliphatic rings. The van der Waals surface area contributed by atoms with Crippen LogP contribution < -0.4 is 0 Å². The summed E-state index contributed by atoms with van der Waals surface area (Å²) in [6, 6.07) is 0. The van der Waals surface area contributed by atoms with Gasteiger partial charge in [0.15, 0.2) is 5.78 Å². The number of hydrogen-bond acceptors (Lipinski definition) is 2. The van der Waals surface area contributed by atoms with Gasteiger partial charge in [-0.05, 0) is 36.4 Å². The minimum absolute atomic E-state index is 0.121. The maximum absolute atomic E-state index is 12.1. The molecule has 2 nitrogen and oxygen atoms in total. The highest BCUT2D eigenvalue weighted by molar-refractivity contribution is 6.77. The maximum Gasteiger partial charge on any atom is 0.200 e. The fourth-order valence-corrected chi connectivity index (χ4v) is 9.95. The van der Waals surface area contributed by atoms with Gasteiger partial charge in [-0.3, -0.25) is 4.79 Å². The fourth-order valence-electron chi connectivity index (χ4n) is 3.97. The summed E-state index contributed by atoms with van der Waals surface area (Å²) < 4.78 is 6.74. The number of carbonyl (C=O) groups excluding carboxylic acids is 1. The highest BCUT2D eigenvalue weighted by Crippen LogP contribution is 2.46. The van der Waals surface area contributed by atoms with Crippen molar-refractivity contribution in [3.05, 3.63) is 0 Å². The molecule has 0 amide bonds. The summed E-state index contributed by atoms with van der Waals surface area (Å²) in [6.07, 6.45) is 2.29. The average molecular weight is 319 g/mol. The van der Waals surface area contributed by atoms with Gasteiger partial charge in [-0.25, -0.2) is 0 Å². The van der Waals surface area contributed by atoms with Crippen molar-refractivity contribution in [1.29, 1.82) is 0 Å². The predicted molar refractivity (Wildman–Crippen MR) is 89.0 cm³/mol. The fraction of sp³-hybridized carbons (Fsp3) is 0.938. The van der Waals surface area contributed by atoms with Crippen LogP contribution in [0, 0.1) is 0 Å². The Labute approximate surface area is 130 Å². The van der Waals surface area contributed by atoms with Crippen LogP contribution >= 0.6 is 11.6 Å². The van der Waals surface area contributed by atoms with E-state index in [2.05, 4.69) is 41.5 Å². The standard InChI is InChI=1S/C16H31ClO2Si/c1-11(2)20(12(3)4,13(5)6)19-15-10-8-9-14(18)16(15,7)17/h11-13,15H,8-10H2,1-7H3/t15-,16-/m1/s1. The van der Waals surface area contributed by atoms with E-state index >= 15 is 0 Å². The second-order valence-corrected chi connectivity index (χ2v) is 13.5. The van der Waals surface area contributed by atoms with E-state index in [1.165, 1.54) is 0 Å². The summed E-state index contributed by atoms with van der Waals surface area (Å²) in [5, 5.41) is 0. The van der Waals surface area contributed by atoms with Crippen molar-refractivity contribution in [1.82, 2.24) is 0 Å². The Hall–Kier alpha value is 0.137. The summed E-state index contributed by atoms with van der Waals surface area (Å²) >= 11 is 6.56. The Bertz CT molecular complexity index is 329. The van der Waals surface area contributed by atoms with Crippen molar-refractivity contribution < 1.29 is 9.22 Å². The first kappa shape index (κ1) is 18.2. The molecular weight excluding hydrogens is 288 g/mol. The topological polar surface area (TPSA) is 26.3 Å². The van der Waals surface area contributed by atoms with Crippen LogP contribution in [0.3, 0.4) is 0 Å². The summed E-state index contributed by atoms with van der Waals surface area (Å²) in [6.45, 7) is 15.4. The van der Waals surface area contributed by atoms with Crippen LogP contribution in [0.25, 0.3) is 0 Å². The zero-order chi connectivity index (χ0) is 15.7. The van der Waals surface area contributed by atoms with Crippen molar-refractivity contribution in [3.63, 3.8) is 0 Å². The van der Waals surface area contributed by atoms with Crippen LogP contribution in [0.5, 0.6) is 0 Å². The first-order chi connectivity index (χ1) is 9.06. The Morgan fingerprint density at radius 3 is 2.00 bits per heavy atom. The number of hydrogen-bond donors (Lipinski definition) is 0. The van der Waals surface area contributed by atoms with Crippen molar-refractivity contribution in [2.24, 2.45) is 0 Å². The first-order valence-electron chi connectivity index (χ1n) is 7.96. The second-order valence-electron chi connectivity index (χ2n) is 7.32. The Morgan fingerprint density at radius 1 is 1.15 bits per heavy atom. The number of carbonyl (C=O) groups is 1. The van der Waals surface area contributed by atoms with E-state index in [1.807, 2.05) is 6.92 Å². The number of rotatable bonds is 5. The minimum Gasteiger partial charge on any atom is -0.411 e. The number of ketones is 1. The highest BCUT2D eigenvalue weighted by atomic mass is 35.5. The van der Waals surface area contributed by atoms with Gasteiger partial charge >= 0.3 is 0 Å². The van der Waals surface area contributed by atoms with Gasteiger partial charge in [-0.2, -0.15) is 0 Å². The molecule has 0 N–H and O–H groups in total. The molecule has 0 aromatic heterocycles. The lowest BCUT2D eigenvalue weighted by atomic mass is 9.86. The molecule has 2 atom stereocenters. The molecule has 1 saturated carbocycles. The molecule has 0 aliphatic heterocycles. The summed E-state index contributed by atoms with van der Waals surface area (Å²) in [7, 11) is -1.97. The SMILES string of the molecule is CC(C)[Si](O[C@@H]1CCCC(=O)[C@@]1(C)Cl)(C(C)C)C(C)C. The average Bonchev–Trinajstić information content (AvgIpc) is 2.29. The number of halogens is 1. The maximum atomic E-state index is 12.1. The molecule has 4 heteroatoms. The largest absolute Gasteiger partial charge is 0.411 e. The number of Topliss-reactive ketones (excluding diaryl/α,β-unsaturated/α-hetero) is 1. The quantitative estimate of drug-likeness (QED) is 0.508. The van der Waals surface area contributed by atoms with Crippen LogP contribution in [0.1, 0.15) is 67.7 Å². The zero-order valence-electron chi connectivity index (χ0n) is 14.1. The molecule has 0 spiro atoms. The monoisotopic (exact) mass is 318 g/mol. The Kier molecular flexibility index (Phi) is 5.90. The summed E-state index contributed by atoms with van der Waals surface area (Å²) in [4.78, 5) is 11.3. The number of alkyl halides is 1. The normalized spacial score (nSPS) is 28.8. The molecule has 1 rings (SSSR count). The Balaban J connectivity index is 3.09. The van der Waals surface area contributed by atoms with Gasteiger partial charge in [0.25, 0.3) is 0 Å². The van der Waals surface area contributed by atoms with Gasteiger partial charge in [0, 0.05) is 6.42 Å². The molecule has 0 unspecified atom stereocenters. The van der Waals surface area contributed by atoms with Crippen molar-refractivity contribution >= 4 is 25.7 Å². The van der Waals surface area contributed by atoms with Gasteiger partial charge in [-0.15, -0.1) is 11.6 Å². The Morgan fingerprint density at radius 2 is 1.60 bits per heavy atom. The molecule has 0 aromatic carbocycles. The third-order valence-corrected chi connectivity index (χ3v) is 11.6. The molecule has 0 aromatic rings. The van der Waals surface area contributed by atoms with Crippen molar-refractivity contribution in [2.45, 2.75) is 95.3 Å². The van der Waals surface area contributed by atoms with Gasteiger partial charge in [0.05, 0.1) is 6.10 Å². The van der Waals surface area contributed by atoms with Gasteiger partial charge in [0.2, 0.25) is 8.32 Å². The van der Waals surface area contributed by atoms with Crippen molar-refractivity contribution in [3.8, 4) is 0 Å². The van der Waals surface area contributed by atoms with Crippen LogP contribution in [-0.2, 0) is 9.22 Å². The lowest BCUT2D eigenvalue weighted by molar-refractivity contribution is -0.126. The smallest absolute Gasteiger partial charge is 0.200 e. The molecule has 0 heterocycles. The third-order valence-electron chi connectivity index (χ3n) is 5.07. The summed E-state index contributed by atoms with van der Waals surface area (Å²) in [5.74, 6) is 0.148. The predicted octanol–water partition coefficient (Wildman–Crippen LogP) is 5.30. The molecule has 20 heavy (non-hydrogen) atoms. The zero-order valence-corrected chi connectivity index (χ0v) is 15.9. The molecular formula is C16H31ClO2Si. The van der Waals surface area contributed by atoms with Gasteiger partial charge < -0.3 is 4.43 Å². The second kappa shape index (κ2) is 6.49. The lowest BCUT2D eigenvalue weighted by Crippen LogP contribution is -2.56. The van der Waals surface area contributed by atoms with Crippen molar-refractivity contribution in [2.75, 3.05) is 0 Å². The van der Waals surface area contributed by atoms with E-state index in [-0.39, 0.29) is 11.9 Å². The van der Waals surface area contributed by atoms with E-state index in [0.29, 0.717) is 23.0 Å². The van der Waals surface area contributed by atoms with E-state index in [4.69, 9.17) is 16.0 Å². The molecule has 0 saturated heterocycles. The van der Waals surface area contributed by atoms with E-state index in [1.54, 1.807) is 0 Å². The molecule has 0 bridgehead atoms. The van der Waals surface area contributed by atoms with E-state index in [9.17, 15) is 4.79 Å². The van der Waals surface area contributed by atoms with E-state index in [0.717, 1.165) is 12.8 Å². The van der Waals surface area contributed by atoms with E-state index < -0.39 is 13.2 Å². The molecule has 0 radical (unpaired) electrons. The summed E-state index contributed by atoms with van der Waals surface area (Å²) in [5.41, 5.74) is 1.56.